The number of likely N-dealkylation sites (tertiary alicyclic amines) is 1. The number of methoxy groups -OCH3 is 1. The number of carbonyl (C=O) groups is 2. The molecule has 1 aliphatic heterocycles. The molecule has 1 amide bonds. The molecule has 27 heavy (non-hydrogen) atoms. The topological polar surface area (TPSA) is 78.9 Å². The van der Waals surface area contributed by atoms with E-state index in [-0.39, 0.29) is 32.0 Å². The number of carboxylic acid groups (broad SMARTS) is 1. The van der Waals surface area contributed by atoms with Gasteiger partial charge in [0.1, 0.15) is 5.75 Å². The summed E-state index contributed by atoms with van der Waals surface area (Å²) in [7, 11) is 1.46. The normalized spacial score (nSPS) is 20.0. The van der Waals surface area contributed by atoms with E-state index < -0.39 is 36.4 Å². The molecule has 0 bridgehead atoms. The smallest absolute Gasteiger partial charge is 0.393 e. The maximum atomic E-state index is 13.0. The van der Waals surface area contributed by atoms with E-state index in [1.807, 2.05) is 0 Å². The molecule has 1 aromatic carbocycles. The van der Waals surface area contributed by atoms with Crippen LogP contribution < -0.4 is 10.1 Å². The number of ether oxygens (including phenoxy) is 1. The number of hydrogen-bond donors (Lipinski definition) is 2. The van der Waals surface area contributed by atoms with E-state index in [1.54, 1.807) is 18.2 Å². The number of halogens is 5. The van der Waals surface area contributed by atoms with Gasteiger partial charge in [-0.1, -0.05) is 11.6 Å². The Labute approximate surface area is 165 Å². The van der Waals surface area contributed by atoms with E-state index in [2.05, 4.69) is 5.32 Å². The standard InChI is InChI=1S/C16H18ClF3N2O4.ClH/c1-26-13-3-2-10(17)4-9(13)5-21-14(23)8-22-6-11(15(24)25)12(7-22)16(18,19)20;/h2-4,11-12H,5-8H2,1H3,(H,21,23)(H,24,25);1H/t11-,12-;/m1./s1. The number of hydrogen-bond acceptors (Lipinski definition) is 4. The van der Waals surface area contributed by atoms with Crippen LogP contribution in [0.15, 0.2) is 18.2 Å². The first kappa shape index (κ1) is 23.3. The predicted octanol–water partition coefficient (Wildman–Crippen LogP) is 2.58. The van der Waals surface area contributed by atoms with Gasteiger partial charge in [-0.15, -0.1) is 12.4 Å². The molecule has 0 aromatic heterocycles. The van der Waals surface area contributed by atoms with E-state index in [4.69, 9.17) is 21.4 Å². The van der Waals surface area contributed by atoms with Crippen molar-refractivity contribution in [2.45, 2.75) is 12.7 Å². The fourth-order valence-corrected chi connectivity index (χ4v) is 3.13. The molecule has 0 unspecified atom stereocenters. The monoisotopic (exact) mass is 430 g/mol. The number of amides is 1. The average molecular weight is 431 g/mol. The van der Waals surface area contributed by atoms with Crippen LogP contribution in [0.1, 0.15) is 5.56 Å². The number of carbonyl (C=O) groups excluding carboxylic acids is 1. The van der Waals surface area contributed by atoms with E-state index >= 15 is 0 Å². The number of aliphatic carboxylic acids is 1. The molecular weight excluding hydrogens is 412 g/mol. The summed E-state index contributed by atoms with van der Waals surface area (Å²) in [6.45, 7) is -1.08. The highest BCUT2D eigenvalue weighted by molar-refractivity contribution is 6.30. The Balaban J connectivity index is 0.00000364. The van der Waals surface area contributed by atoms with Crippen molar-refractivity contribution in [2.75, 3.05) is 26.7 Å². The van der Waals surface area contributed by atoms with Crippen LogP contribution in [-0.4, -0.2) is 54.8 Å². The second-order valence-corrected chi connectivity index (χ2v) is 6.46. The van der Waals surface area contributed by atoms with E-state index in [0.717, 1.165) is 0 Å². The lowest BCUT2D eigenvalue weighted by Crippen LogP contribution is -2.36. The Hall–Kier alpha value is -1.71. The summed E-state index contributed by atoms with van der Waals surface area (Å²) < 4.78 is 44.0. The van der Waals surface area contributed by atoms with Crippen LogP contribution in [0.5, 0.6) is 5.75 Å². The molecule has 6 nitrogen and oxygen atoms in total. The second kappa shape index (κ2) is 9.48. The number of alkyl halides is 3. The number of benzene rings is 1. The highest BCUT2D eigenvalue weighted by Gasteiger charge is 2.52. The summed E-state index contributed by atoms with van der Waals surface area (Å²) in [4.78, 5) is 24.3. The third kappa shape index (κ3) is 6.15. The molecule has 0 radical (unpaired) electrons. The molecule has 11 heteroatoms. The summed E-state index contributed by atoms with van der Waals surface area (Å²) in [5.41, 5.74) is 0.617. The van der Waals surface area contributed by atoms with Gasteiger partial charge < -0.3 is 15.2 Å². The first-order valence-corrected chi connectivity index (χ1v) is 8.10. The van der Waals surface area contributed by atoms with Crippen molar-refractivity contribution in [2.24, 2.45) is 11.8 Å². The average Bonchev–Trinajstić information content (AvgIpc) is 2.97. The van der Waals surface area contributed by atoms with Crippen LogP contribution in [0.3, 0.4) is 0 Å². The molecule has 2 rings (SSSR count). The first-order chi connectivity index (χ1) is 12.1. The van der Waals surface area contributed by atoms with Gasteiger partial charge in [-0.2, -0.15) is 13.2 Å². The molecule has 0 aliphatic carbocycles. The summed E-state index contributed by atoms with van der Waals surface area (Å²) in [5.74, 6) is -5.08. The molecule has 1 aliphatic rings. The van der Waals surface area contributed by atoms with Crippen molar-refractivity contribution in [3.05, 3.63) is 28.8 Å². The van der Waals surface area contributed by atoms with E-state index in [9.17, 15) is 22.8 Å². The van der Waals surface area contributed by atoms with Crippen molar-refractivity contribution in [1.29, 1.82) is 0 Å². The van der Waals surface area contributed by atoms with Crippen LogP contribution in [0.25, 0.3) is 0 Å². The van der Waals surface area contributed by atoms with Crippen molar-refractivity contribution in [1.82, 2.24) is 10.2 Å². The van der Waals surface area contributed by atoms with Crippen LogP contribution >= 0.6 is 24.0 Å². The van der Waals surface area contributed by atoms with Crippen LogP contribution in [0.2, 0.25) is 5.02 Å². The van der Waals surface area contributed by atoms with E-state index in [0.29, 0.717) is 16.3 Å². The maximum absolute atomic E-state index is 13.0. The van der Waals surface area contributed by atoms with Crippen molar-refractivity contribution in [3.8, 4) is 5.75 Å². The lowest BCUT2D eigenvalue weighted by molar-refractivity contribution is -0.188. The number of nitrogens with zero attached hydrogens (tertiary/aromatic N) is 1. The fraction of sp³-hybridized carbons (Fsp3) is 0.500. The molecule has 2 N–H and O–H groups in total. The van der Waals surface area contributed by atoms with Gasteiger partial charge in [0.15, 0.2) is 0 Å². The molecule has 1 heterocycles. The zero-order valence-corrected chi connectivity index (χ0v) is 15.8. The van der Waals surface area contributed by atoms with Crippen molar-refractivity contribution >= 4 is 35.9 Å². The van der Waals surface area contributed by atoms with Gasteiger partial charge in [-0.3, -0.25) is 14.5 Å². The van der Waals surface area contributed by atoms with Gasteiger partial charge in [0.2, 0.25) is 5.91 Å². The summed E-state index contributed by atoms with van der Waals surface area (Å²) in [5, 5.41) is 12.0. The van der Waals surface area contributed by atoms with E-state index in [1.165, 1.54) is 12.0 Å². The summed E-state index contributed by atoms with van der Waals surface area (Å²) in [6, 6.07) is 4.87. The van der Waals surface area contributed by atoms with Gasteiger partial charge in [-0.05, 0) is 18.2 Å². The van der Waals surface area contributed by atoms with Crippen LogP contribution in [0.4, 0.5) is 13.2 Å². The molecule has 1 aromatic rings. The third-order valence-corrected chi connectivity index (χ3v) is 4.45. The SMILES string of the molecule is COc1ccc(Cl)cc1CNC(=O)CN1C[C@@H](C(F)(F)F)[C@H](C(=O)O)C1.Cl. The molecule has 2 atom stereocenters. The maximum Gasteiger partial charge on any atom is 0.393 e. The van der Waals surface area contributed by atoms with Crippen LogP contribution in [-0.2, 0) is 16.1 Å². The summed E-state index contributed by atoms with van der Waals surface area (Å²) >= 11 is 5.89. The number of nitrogens with one attached hydrogen (secondary N) is 1. The Morgan fingerprint density at radius 3 is 2.56 bits per heavy atom. The van der Waals surface area contributed by atoms with Crippen molar-refractivity contribution < 1.29 is 32.6 Å². The quantitative estimate of drug-likeness (QED) is 0.724. The lowest BCUT2D eigenvalue weighted by atomic mass is 9.96. The van der Waals surface area contributed by atoms with Gasteiger partial charge in [0.25, 0.3) is 0 Å². The number of carboxylic acids is 1. The fourth-order valence-electron chi connectivity index (χ4n) is 2.93. The molecular formula is C16H19Cl2F3N2O4. The minimum absolute atomic E-state index is 0. The molecule has 0 spiro atoms. The molecule has 152 valence electrons. The van der Waals surface area contributed by atoms with Gasteiger partial charge in [0, 0.05) is 30.2 Å². The van der Waals surface area contributed by atoms with Gasteiger partial charge in [0.05, 0.1) is 25.5 Å². The summed E-state index contributed by atoms with van der Waals surface area (Å²) in [6.07, 6.45) is -4.62. The number of rotatable bonds is 6. The molecule has 0 saturated carbocycles. The second-order valence-electron chi connectivity index (χ2n) is 6.02. The largest absolute Gasteiger partial charge is 0.496 e. The Kier molecular flexibility index (Phi) is 8.19. The van der Waals surface area contributed by atoms with Gasteiger partial charge in [-0.25, -0.2) is 0 Å². The minimum Gasteiger partial charge on any atom is -0.496 e. The minimum atomic E-state index is -4.62. The molecule has 1 fully saturated rings. The lowest BCUT2D eigenvalue weighted by Gasteiger charge is -2.18. The first-order valence-electron chi connectivity index (χ1n) is 7.72. The van der Waals surface area contributed by atoms with Crippen LogP contribution in [0, 0.1) is 11.8 Å². The van der Waals surface area contributed by atoms with Crippen molar-refractivity contribution in [3.63, 3.8) is 0 Å². The molecule has 1 saturated heterocycles. The predicted molar refractivity (Wildman–Crippen MR) is 94.2 cm³/mol. The highest BCUT2D eigenvalue weighted by Crippen LogP contribution is 2.37. The highest BCUT2D eigenvalue weighted by atomic mass is 35.5. The Morgan fingerprint density at radius 1 is 1.37 bits per heavy atom. The van der Waals surface area contributed by atoms with Gasteiger partial charge >= 0.3 is 12.1 Å². The Bertz CT molecular complexity index is 688. The zero-order chi connectivity index (χ0) is 19.5. The third-order valence-electron chi connectivity index (χ3n) is 4.22. The Morgan fingerprint density at radius 2 is 2.04 bits per heavy atom. The zero-order valence-electron chi connectivity index (χ0n) is 14.3.